The Hall–Kier alpha value is -8.05. The number of aromatic nitrogens is 3. The van der Waals surface area contributed by atoms with Crippen molar-refractivity contribution < 1.29 is 0 Å². The summed E-state index contributed by atoms with van der Waals surface area (Å²) in [5, 5.41) is 12.4. The highest BCUT2D eigenvalue weighted by Gasteiger charge is 2.19. The maximum Gasteiger partial charge on any atom is 0.0880 e. The van der Waals surface area contributed by atoms with E-state index >= 15 is 0 Å². The van der Waals surface area contributed by atoms with Crippen LogP contribution in [-0.2, 0) is 0 Å². The predicted molar refractivity (Wildman–Crippen MR) is 276 cm³/mol. The Morgan fingerprint density at radius 1 is 0.438 bits per heavy atom. The molecule has 0 bridgehead atoms. The van der Waals surface area contributed by atoms with Crippen LogP contribution in [0.4, 0.5) is 0 Å². The molecule has 3 nitrogen and oxygen atoms in total. The Labute approximate surface area is 373 Å². The van der Waals surface area contributed by atoms with Gasteiger partial charge >= 0.3 is 0 Å². The summed E-state index contributed by atoms with van der Waals surface area (Å²) in [6.07, 6.45) is 8.30. The Kier molecular flexibility index (Phi) is 8.15. The molecule has 64 heavy (non-hydrogen) atoms. The molecule has 300 valence electrons. The fourth-order valence-corrected chi connectivity index (χ4v) is 11.6. The predicted octanol–water partition coefficient (Wildman–Crippen LogP) is 17.0. The van der Waals surface area contributed by atoms with Crippen LogP contribution in [0.15, 0.2) is 201 Å². The molecule has 13 aromatic rings. The lowest BCUT2D eigenvalue weighted by molar-refractivity contribution is 1.17. The molecular weight excluding hydrogens is 795 g/mol. The standard InChI is InChI=1S/C60H39N3S/c1-3-14-43-42(4-2)51-34-38(25-28-46(51)45-18-6-5-17-44(43)45)37-15-13-16-39(33-37)59-60-50(31-32-61-59)53-36-41(27-30-58(53)64-60)63-56-24-12-9-21-49(56)52-35-40(26-29-57(52)63)62-54-22-10-7-19-47(54)48-20-8-11-23-55(48)62/h3-36H,2H2,1H3. The number of pyridine rings is 1. The molecule has 0 aliphatic heterocycles. The number of rotatable bonds is 6. The van der Waals surface area contributed by atoms with Crippen molar-refractivity contribution in [2.45, 2.75) is 6.92 Å². The van der Waals surface area contributed by atoms with Gasteiger partial charge in [0.05, 0.1) is 32.5 Å². The van der Waals surface area contributed by atoms with Crippen molar-refractivity contribution in [1.82, 2.24) is 14.1 Å². The van der Waals surface area contributed by atoms with Crippen LogP contribution in [0.1, 0.15) is 18.1 Å². The maximum atomic E-state index is 5.05. The maximum absolute atomic E-state index is 5.05. The van der Waals surface area contributed by atoms with Crippen molar-refractivity contribution in [3.63, 3.8) is 0 Å². The van der Waals surface area contributed by atoms with Gasteiger partial charge in [-0.25, -0.2) is 0 Å². The Morgan fingerprint density at radius 2 is 1.02 bits per heavy atom. The van der Waals surface area contributed by atoms with Gasteiger partial charge in [0.1, 0.15) is 0 Å². The molecular formula is C60H39N3S. The first-order valence-corrected chi connectivity index (χ1v) is 22.7. The van der Waals surface area contributed by atoms with Crippen molar-refractivity contribution in [1.29, 1.82) is 0 Å². The molecule has 4 heteroatoms. The van der Waals surface area contributed by atoms with E-state index in [0.717, 1.165) is 33.8 Å². The summed E-state index contributed by atoms with van der Waals surface area (Å²) in [6, 6.07) is 66.7. The zero-order chi connectivity index (χ0) is 42.5. The summed E-state index contributed by atoms with van der Waals surface area (Å²) in [7, 11) is 0. The minimum atomic E-state index is 1.01. The number of para-hydroxylation sites is 3. The van der Waals surface area contributed by atoms with Gasteiger partial charge in [0.25, 0.3) is 0 Å². The minimum absolute atomic E-state index is 1.01. The van der Waals surface area contributed by atoms with Gasteiger partial charge in [-0.3, -0.25) is 4.98 Å². The van der Waals surface area contributed by atoms with Gasteiger partial charge in [0, 0.05) is 60.2 Å². The van der Waals surface area contributed by atoms with Gasteiger partial charge in [0.15, 0.2) is 0 Å². The van der Waals surface area contributed by atoms with E-state index in [1.807, 2.05) is 23.6 Å². The molecule has 0 atom stereocenters. The van der Waals surface area contributed by atoms with E-state index < -0.39 is 0 Å². The number of fused-ring (bicyclic) bond motifs is 12. The molecule has 0 amide bonds. The first-order valence-electron chi connectivity index (χ1n) is 21.8. The lowest BCUT2D eigenvalue weighted by Crippen LogP contribution is -1.95. The smallest absolute Gasteiger partial charge is 0.0880 e. The highest BCUT2D eigenvalue weighted by Crippen LogP contribution is 2.43. The first kappa shape index (κ1) is 36.6. The number of hydrogen-bond donors (Lipinski definition) is 0. The summed E-state index contributed by atoms with van der Waals surface area (Å²) < 4.78 is 7.28. The summed E-state index contributed by atoms with van der Waals surface area (Å²) in [4.78, 5) is 5.05. The summed E-state index contributed by atoms with van der Waals surface area (Å²) in [5.41, 5.74) is 13.9. The van der Waals surface area contributed by atoms with Crippen LogP contribution in [0.2, 0.25) is 0 Å². The van der Waals surface area contributed by atoms with E-state index in [0.29, 0.717) is 0 Å². The third-order valence-corrected chi connectivity index (χ3v) is 14.4. The van der Waals surface area contributed by atoms with Gasteiger partial charge < -0.3 is 9.13 Å². The molecule has 0 saturated heterocycles. The van der Waals surface area contributed by atoms with Crippen molar-refractivity contribution in [3.05, 3.63) is 212 Å². The fourth-order valence-electron chi connectivity index (χ4n) is 10.5. The Bertz CT molecular complexity index is 4070. The third-order valence-electron chi connectivity index (χ3n) is 13.2. The fraction of sp³-hybridized carbons (Fsp3) is 0.0167. The number of benzene rings is 9. The highest BCUT2D eigenvalue weighted by molar-refractivity contribution is 7.26. The first-order chi connectivity index (χ1) is 31.7. The normalized spacial score (nSPS) is 12.1. The van der Waals surface area contributed by atoms with Crippen LogP contribution >= 0.6 is 11.3 Å². The van der Waals surface area contributed by atoms with Crippen molar-refractivity contribution in [2.24, 2.45) is 0 Å². The summed E-state index contributed by atoms with van der Waals surface area (Å²) in [6.45, 7) is 6.34. The molecule has 0 aliphatic rings. The highest BCUT2D eigenvalue weighted by atomic mass is 32.1. The number of hydrogen-bond acceptors (Lipinski definition) is 2. The van der Waals surface area contributed by atoms with E-state index in [1.165, 1.54) is 96.5 Å². The molecule has 0 unspecified atom stereocenters. The van der Waals surface area contributed by atoms with Gasteiger partial charge in [-0.1, -0.05) is 134 Å². The second kappa shape index (κ2) is 14.2. The number of nitrogens with zero attached hydrogens (tertiary/aromatic N) is 3. The van der Waals surface area contributed by atoms with E-state index in [-0.39, 0.29) is 0 Å². The van der Waals surface area contributed by atoms with Crippen LogP contribution in [-0.4, -0.2) is 14.1 Å². The minimum Gasteiger partial charge on any atom is -0.309 e. The van der Waals surface area contributed by atoms with Crippen molar-refractivity contribution in [2.75, 3.05) is 0 Å². The van der Waals surface area contributed by atoms with E-state index in [9.17, 15) is 0 Å². The number of thiophene rings is 1. The zero-order valence-corrected chi connectivity index (χ0v) is 35.9. The van der Waals surface area contributed by atoms with E-state index in [4.69, 9.17) is 4.98 Å². The van der Waals surface area contributed by atoms with E-state index in [2.05, 4.69) is 217 Å². The monoisotopic (exact) mass is 833 g/mol. The van der Waals surface area contributed by atoms with E-state index in [1.54, 1.807) is 0 Å². The molecule has 0 saturated carbocycles. The van der Waals surface area contributed by atoms with Crippen LogP contribution in [0.25, 0.3) is 131 Å². The largest absolute Gasteiger partial charge is 0.309 e. The van der Waals surface area contributed by atoms with Crippen molar-refractivity contribution >= 4 is 109 Å². The lowest BCUT2D eigenvalue weighted by Gasteiger charge is -2.15. The lowest BCUT2D eigenvalue weighted by atomic mass is 9.89. The molecule has 0 fully saturated rings. The molecule has 0 aliphatic carbocycles. The zero-order valence-electron chi connectivity index (χ0n) is 35.1. The quantitative estimate of drug-likeness (QED) is 0.153. The number of allylic oxidation sites excluding steroid dienone is 1. The second-order valence-electron chi connectivity index (χ2n) is 16.7. The molecule has 9 aromatic carbocycles. The Morgan fingerprint density at radius 3 is 1.72 bits per heavy atom. The van der Waals surface area contributed by atoms with Crippen LogP contribution in [0.3, 0.4) is 0 Å². The van der Waals surface area contributed by atoms with Gasteiger partial charge in [-0.2, -0.15) is 0 Å². The second-order valence-corrected chi connectivity index (χ2v) is 17.7. The summed E-state index contributed by atoms with van der Waals surface area (Å²) >= 11 is 1.82. The van der Waals surface area contributed by atoms with Gasteiger partial charge in [0.2, 0.25) is 0 Å². The average Bonchev–Trinajstić information content (AvgIpc) is 4.01. The molecule has 0 N–H and O–H groups in total. The molecule has 13 rings (SSSR count). The average molecular weight is 834 g/mol. The molecule has 0 radical (unpaired) electrons. The third kappa shape index (κ3) is 5.36. The SMILES string of the molecule is C=Cc1c(C=CC)c2ccccc2c2ccc(-c3cccc(-c4nccc5c4sc4ccc(-n6c7ccccc7c7cc(-n8c9ccccc9c9ccccc98)ccc76)cc45)c3)cc12. The van der Waals surface area contributed by atoms with Crippen molar-refractivity contribution in [3.8, 4) is 33.8 Å². The van der Waals surface area contributed by atoms with Gasteiger partial charge in [-0.05, 0) is 124 Å². The van der Waals surface area contributed by atoms with Crippen LogP contribution < -0.4 is 0 Å². The topological polar surface area (TPSA) is 22.8 Å². The molecule has 4 heterocycles. The molecule has 4 aromatic heterocycles. The summed E-state index contributed by atoms with van der Waals surface area (Å²) in [5.74, 6) is 0. The Balaban J connectivity index is 0.931. The van der Waals surface area contributed by atoms with Crippen LogP contribution in [0.5, 0.6) is 0 Å². The molecule has 0 spiro atoms. The van der Waals surface area contributed by atoms with Gasteiger partial charge in [-0.15, -0.1) is 11.3 Å². The van der Waals surface area contributed by atoms with Crippen LogP contribution in [0, 0.1) is 0 Å².